The van der Waals surface area contributed by atoms with Crippen molar-refractivity contribution in [2.45, 2.75) is 43.1 Å². The average Bonchev–Trinajstić information content (AvgIpc) is 3.16. The Balaban J connectivity index is 1.07. The number of aliphatic hydroxyl groups excluding tert-OH is 1. The Hall–Kier alpha value is -5.13. The number of nitrogens with zero attached hydrogens (tertiary/aromatic N) is 3. The van der Waals surface area contributed by atoms with Crippen molar-refractivity contribution < 1.29 is 24.1 Å². The van der Waals surface area contributed by atoms with E-state index in [4.69, 9.17) is 9.47 Å². The molecule has 246 valence electrons. The second kappa shape index (κ2) is 15.0. The zero-order chi connectivity index (χ0) is 33.6. The van der Waals surface area contributed by atoms with Gasteiger partial charge >= 0.3 is 0 Å². The van der Waals surface area contributed by atoms with Crippen LogP contribution in [0.1, 0.15) is 51.6 Å². The molecule has 1 amide bonds. The lowest BCUT2D eigenvalue weighted by molar-refractivity contribution is -0.645. The molecule has 2 aromatic heterocycles. The fraction of sp³-hybridized carbons (Fsp3) is 0.179. The van der Waals surface area contributed by atoms with Gasteiger partial charge in [-0.25, -0.2) is 4.98 Å². The first-order chi connectivity index (χ1) is 24.0. The van der Waals surface area contributed by atoms with E-state index in [2.05, 4.69) is 15.3 Å². The number of benzene rings is 4. The number of hydrogen-bond donors (Lipinski definition) is 2. The van der Waals surface area contributed by atoms with Crippen molar-refractivity contribution in [3.05, 3.63) is 161 Å². The first-order valence-corrected chi connectivity index (χ1v) is 17.0. The van der Waals surface area contributed by atoms with Gasteiger partial charge in [-0.1, -0.05) is 96.7 Å². The molecule has 6 aromatic rings. The van der Waals surface area contributed by atoms with Crippen LogP contribution in [0.4, 0.5) is 0 Å². The number of ether oxygens (including phenoxy) is 2. The maximum Gasteiger partial charge on any atom is 0.271 e. The molecule has 1 aliphatic heterocycles. The summed E-state index contributed by atoms with van der Waals surface area (Å²) in [7, 11) is 0. The van der Waals surface area contributed by atoms with Gasteiger partial charge in [0.2, 0.25) is 0 Å². The molecule has 0 aliphatic carbocycles. The number of para-hydroxylation sites is 2. The van der Waals surface area contributed by atoms with Crippen molar-refractivity contribution in [2.24, 2.45) is 0 Å². The van der Waals surface area contributed by atoms with Gasteiger partial charge in [0.1, 0.15) is 5.69 Å². The minimum atomic E-state index is -0.622. The molecule has 3 atom stereocenters. The van der Waals surface area contributed by atoms with E-state index in [1.54, 1.807) is 12.1 Å². The van der Waals surface area contributed by atoms with Gasteiger partial charge in [0, 0.05) is 36.4 Å². The number of hydrogen-bond acceptors (Lipinski definition) is 8. The molecule has 49 heavy (non-hydrogen) atoms. The van der Waals surface area contributed by atoms with Crippen LogP contribution in [0.15, 0.2) is 133 Å². The maximum atomic E-state index is 13.0. The predicted octanol–water partition coefficient (Wildman–Crippen LogP) is 6.69. The molecule has 7 rings (SSSR count). The van der Waals surface area contributed by atoms with E-state index in [1.165, 1.54) is 24.2 Å². The Labute approximate surface area is 288 Å². The van der Waals surface area contributed by atoms with E-state index < -0.39 is 6.29 Å². The molecule has 0 unspecified atom stereocenters. The van der Waals surface area contributed by atoms with Crippen LogP contribution in [0.5, 0.6) is 0 Å². The lowest BCUT2D eigenvalue weighted by Gasteiger charge is -2.36. The van der Waals surface area contributed by atoms with Crippen LogP contribution >= 0.6 is 11.8 Å². The lowest BCUT2D eigenvalue weighted by atomic mass is 9.97. The minimum absolute atomic E-state index is 0.0237. The molecule has 9 nitrogen and oxygen atoms in total. The van der Waals surface area contributed by atoms with Crippen LogP contribution in [0.2, 0.25) is 0 Å². The number of aliphatic hydroxyl groups is 1. The normalized spacial score (nSPS) is 17.5. The van der Waals surface area contributed by atoms with Crippen molar-refractivity contribution in [3.8, 4) is 11.1 Å². The quantitative estimate of drug-likeness (QED) is 0.0940. The summed E-state index contributed by atoms with van der Waals surface area (Å²) >= 11 is 1.46. The zero-order valence-corrected chi connectivity index (χ0v) is 27.3. The molecule has 0 radical (unpaired) electrons. The summed E-state index contributed by atoms with van der Waals surface area (Å²) in [6, 6.07) is 36.6. The zero-order valence-electron chi connectivity index (χ0n) is 26.5. The molecule has 3 heterocycles. The summed E-state index contributed by atoms with van der Waals surface area (Å²) in [6.45, 7) is 0.297. The van der Waals surface area contributed by atoms with Crippen molar-refractivity contribution in [2.75, 3.05) is 5.75 Å². The SMILES string of the molecule is O=C(NCc1ccccc1-c1ccc([C@H]2O[C@@H](CSc3cccc[n+]3[O-])C[C@@H](c3ccc(CO)cc3)O2)cc1)c1cnc2ccccc2n1. The first-order valence-electron chi connectivity index (χ1n) is 16.0. The van der Waals surface area contributed by atoms with E-state index in [9.17, 15) is 15.1 Å². The van der Waals surface area contributed by atoms with Gasteiger partial charge in [-0.2, -0.15) is 4.73 Å². The van der Waals surface area contributed by atoms with Crippen LogP contribution in [0.25, 0.3) is 22.2 Å². The molecular formula is C39H34N4O5S. The van der Waals surface area contributed by atoms with Crippen LogP contribution in [-0.4, -0.2) is 32.8 Å². The molecule has 0 saturated carbocycles. The molecule has 4 aromatic carbocycles. The average molecular weight is 671 g/mol. The van der Waals surface area contributed by atoms with Gasteiger partial charge in [0.25, 0.3) is 10.9 Å². The maximum absolute atomic E-state index is 13.0. The number of pyridine rings is 1. The highest BCUT2D eigenvalue weighted by Crippen LogP contribution is 2.40. The second-order valence-electron chi connectivity index (χ2n) is 11.7. The van der Waals surface area contributed by atoms with Gasteiger partial charge < -0.3 is 25.1 Å². The minimum Gasteiger partial charge on any atom is -0.618 e. The largest absolute Gasteiger partial charge is 0.618 e. The molecule has 1 aliphatic rings. The third-order valence-electron chi connectivity index (χ3n) is 8.45. The Kier molecular flexibility index (Phi) is 9.90. The van der Waals surface area contributed by atoms with Crippen molar-refractivity contribution in [1.82, 2.24) is 15.3 Å². The third-order valence-corrected chi connectivity index (χ3v) is 9.60. The van der Waals surface area contributed by atoms with Gasteiger partial charge in [0.05, 0.1) is 36.0 Å². The number of aromatic nitrogens is 3. The number of nitrogens with one attached hydrogen (secondary N) is 1. The van der Waals surface area contributed by atoms with Crippen LogP contribution in [-0.2, 0) is 22.6 Å². The number of carbonyl (C=O) groups is 1. The van der Waals surface area contributed by atoms with Crippen LogP contribution < -0.4 is 10.0 Å². The summed E-state index contributed by atoms with van der Waals surface area (Å²) in [5, 5.41) is 25.4. The molecule has 10 heteroatoms. The number of rotatable bonds is 10. The van der Waals surface area contributed by atoms with Crippen molar-refractivity contribution >= 4 is 28.7 Å². The molecule has 0 spiro atoms. The van der Waals surface area contributed by atoms with Gasteiger partial charge in [0.15, 0.2) is 12.5 Å². The Morgan fingerprint density at radius 3 is 2.41 bits per heavy atom. The van der Waals surface area contributed by atoms with Gasteiger partial charge in [-0.15, -0.1) is 0 Å². The van der Waals surface area contributed by atoms with Crippen molar-refractivity contribution in [3.63, 3.8) is 0 Å². The highest BCUT2D eigenvalue weighted by atomic mass is 32.2. The molecular weight excluding hydrogens is 637 g/mol. The van der Waals surface area contributed by atoms with E-state index >= 15 is 0 Å². The van der Waals surface area contributed by atoms with Gasteiger partial charge in [-0.05, 0) is 46.0 Å². The summed E-state index contributed by atoms with van der Waals surface area (Å²) in [5.74, 6) is 0.292. The summed E-state index contributed by atoms with van der Waals surface area (Å²) in [6.07, 6.45) is 2.58. The molecule has 2 N–H and O–H groups in total. The summed E-state index contributed by atoms with van der Waals surface area (Å²) in [5.41, 5.74) is 7.33. The fourth-order valence-electron chi connectivity index (χ4n) is 5.83. The third kappa shape index (κ3) is 7.63. The standard InChI is InChI=1S/C39H34N4O5S/c44-24-26-12-14-28(15-13-26)36-21-31(25-49-37-11-5-6-20-43(37)46)47-39(48-36)29-18-16-27(17-19-29)32-8-2-1-7-30(32)22-41-38(45)35-23-40-33-9-3-4-10-34(33)42-35/h1-20,23,31,36,39,44H,21-22,24-25H2,(H,41,45)/t31-,36+,39+/m1/s1. The lowest BCUT2D eigenvalue weighted by Crippen LogP contribution is -2.32. The predicted molar refractivity (Wildman–Crippen MR) is 187 cm³/mol. The van der Waals surface area contributed by atoms with E-state index in [1.807, 2.05) is 103 Å². The number of thioether (sulfide) groups is 1. The monoisotopic (exact) mass is 670 g/mol. The highest BCUT2D eigenvalue weighted by Gasteiger charge is 2.32. The van der Waals surface area contributed by atoms with Crippen LogP contribution in [0, 0.1) is 5.21 Å². The summed E-state index contributed by atoms with van der Waals surface area (Å²) < 4.78 is 13.9. The second-order valence-corrected chi connectivity index (χ2v) is 12.8. The van der Waals surface area contributed by atoms with Crippen molar-refractivity contribution in [1.29, 1.82) is 0 Å². The Morgan fingerprint density at radius 1 is 0.878 bits per heavy atom. The number of amides is 1. The summed E-state index contributed by atoms with van der Waals surface area (Å²) in [4.78, 5) is 21.8. The van der Waals surface area contributed by atoms with E-state index in [0.29, 0.717) is 29.3 Å². The smallest absolute Gasteiger partial charge is 0.271 e. The van der Waals surface area contributed by atoms with E-state index in [-0.39, 0.29) is 30.4 Å². The molecule has 1 fully saturated rings. The van der Waals surface area contributed by atoms with Gasteiger partial charge in [-0.3, -0.25) is 9.78 Å². The number of carbonyl (C=O) groups excluding carboxylic acids is 1. The number of fused-ring (bicyclic) bond motifs is 1. The molecule has 0 bridgehead atoms. The van der Waals surface area contributed by atoms with Crippen LogP contribution in [0.3, 0.4) is 0 Å². The Bertz CT molecular complexity index is 2060. The highest BCUT2D eigenvalue weighted by molar-refractivity contribution is 7.99. The first kappa shape index (κ1) is 32.4. The topological polar surface area (TPSA) is 121 Å². The molecule has 1 saturated heterocycles. The fourth-order valence-corrected chi connectivity index (χ4v) is 6.77. The Morgan fingerprint density at radius 2 is 1.61 bits per heavy atom. The van der Waals surface area contributed by atoms with E-state index in [0.717, 1.165) is 43.6 Å².